The Hall–Kier alpha value is -2.51. The molecule has 1 saturated heterocycles. The SMILES string of the molecule is Cc1ccc(C(=O)N2CCN(Cc3nc(-c4ccsc4)no3)CC2)cc1. The fourth-order valence-corrected chi connectivity index (χ4v) is 3.64. The van der Waals surface area contributed by atoms with Gasteiger partial charge in [0.1, 0.15) is 0 Å². The number of carbonyl (C=O) groups is 1. The van der Waals surface area contributed by atoms with Crippen LogP contribution in [0.1, 0.15) is 21.8 Å². The van der Waals surface area contributed by atoms with Crippen molar-refractivity contribution in [2.24, 2.45) is 0 Å². The van der Waals surface area contributed by atoms with Crippen molar-refractivity contribution < 1.29 is 9.32 Å². The van der Waals surface area contributed by atoms with Gasteiger partial charge in [-0.15, -0.1) is 0 Å². The second-order valence-electron chi connectivity index (χ2n) is 6.46. The zero-order valence-electron chi connectivity index (χ0n) is 14.6. The Morgan fingerprint density at radius 2 is 1.92 bits per heavy atom. The van der Waals surface area contributed by atoms with E-state index in [-0.39, 0.29) is 5.91 Å². The van der Waals surface area contributed by atoms with Crippen LogP contribution < -0.4 is 0 Å². The summed E-state index contributed by atoms with van der Waals surface area (Å²) in [6, 6.07) is 9.73. The zero-order valence-corrected chi connectivity index (χ0v) is 15.4. The summed E-state index contributed by atoms with van der Waals surface area (Å²) in [7, 11) is 0. The molecule has 0 radical (unpaired) electrons. The van der Waals surface area contributed by atoms with Crippen LogP contribution in [0, 0.1) is 6.92 Å². The molecule has 1 aliphatic heterocycles. The lowest BCUT2D eigenvalue weighted by atomic mass is 10.1. The first-order chi connectivity index (χ1) is 12.7. The molecule has 7 heteroatoms. The predicted octanol–water partition coefficient (Wildman–Crippen LogP) is 3.06. The fraction of sp³-hybridized carbons (Fsp3) is 0.316. The maximum Gasteiger partial charge on any atom is 0.253 e. The van der Waals surface area contributed by atoms with E-state index in [1.165, 1.54) is 0 Å². The minimum absolute atomic E-state index is 0.0992. The number of amides is 1. The summed E-state index contributed by atoms with van der Waals surface area (Å²) in [6.07, 6.45) is 0. The second-order valence-corrected chi connectivity index (χ2v) is 7.24. The first-order valence-electron chi connectivity index (χ1n) is 8.62. The number of piperazine rings is 1. The highest BCUT2D eigenvalue weighted by atomic mass is 32.1. The Balaban J connectivity index is 1.32. The lowest BCUT2D eigenvalue weighted by Gasteiger charge is -2.34. The standard InChI is InChI=1S/C19H20N4O2S/c1-14-2-4-15(5-3-14)19(24)23-9-7-22(8-10-23)12-17-20-18(21-25-17)16-6-11-26-13-16/h2-6,11,13H,7-10,12H2,1H3. The molecule has 1 aliphatic rings. The number of benzene rings is 1. The molecular formula is C19H20N4O2S. The highest BCUT2D eigenvalue weighted by Gasteiger charge is 2.23. The van der Waals surface area contributed by atoms with E-state index in [0.717, 1.165) is 29.8 Å². The average Bonchev–Trinajstić information content (AvgIpc) is 3.34. The highest BCUT2D eigenvalue weighted by molar-refractivity contribution is 7.08. The van der Waals surface area contributed by atoms with Crippen LogP contribution in [0.25, 0.3) is 11.4 Å². The van der Waals surface area contributed by atoms with Crippen LogP contribution in [0.15, 0.2) is 45.6 Å². The van der Waals surface area contributed by atoms with E-state index in [1.54, 1.807) is 11.3 Å². The number of thiophene rings is 1. The second kappa shape index (κ2) is 7.39. The number of aryl methyl sites for hydroxylation is 1. The van der Waals surface area contributed by atoms with Crippen molar-refractivity contribution in [3.8, 4) is 11.4 Å². The molecule has 0 N–H and O–H groups in total. The van der Waals surface area contributed by atoms with E-state index in [4.69, 9.17) is 4.52 Å². The molecule has 0 saturated carbocycles. The van der Waals surface area contributed by atoms with Gasteiger partial charge in [0.2, 0.25) is 11.7 Å². The Bertz CT molecular complexity index is 865. The van der Waals surface area contributed by atoms with Crippen molar-refractivity contribution >= 4 is 17.2 Å². The number of hydrogen-bond acceptors (Lipinski definition) is 6. The minimum atomic E-state index is 0.0992. The van der Waals surface area contributed by atoms with Crippen LogP contribution in [-0.4, -0.2) is 52.0 Å². The topological polar surface area (TPSA) is 62.5 Å². The van der Waals surface area contributed by atoms with Gasteiger partial charge >= 0.3 is 0 Å². The van der Waals surface area contributed by atoms with Crippen molar-refractivity contribution in [1.82, 2.24) is 19.9 Å². The van der Waals surface area contributed by atoms with Gasteiger partial charge in [0.05, 0.1) is 6.54 Å². The van der Waals surface area contributed by atoms with Crippen molar-refractivity contribution in [1.29, 1.82) is 0 Å². The molecule has 4 rings (SSSR count). The number of aromatic nitrogens is 2. The van der Waals surface area contributed by atoms with Crippen LogP contribution in [0.4, 0.5) is 0 Å². The first kappa shape index (κ1) is 16.9. The highest BCUT2D eigenvalue weighted by Crippen LogP contribution is 2.19. The van der Waals surface area contributed by atoms with E-state index in [0.29, 0.717) is 31.3 Å². The molecule has 1 aromatic carbocycles. The van der Waals surface area contributed by atoms with Crippen molar-refractivity contribution in [3.63, 3.8) is 0 Å². The molecule has 3 heterocycles. The lowest BCUT2D eigenvalue weighted by molar-refractivity contribution is 0.0615. The maximum absolute atomic E-state index is 12.6. The fourth-order valence-electron chi connectivity index (χ4n) is 3.01. The number of hydrogen-bond donors (Lipinski definition) is 0. The largest absolute Gasteiger partial charge is 0.338 e. The molecule has 0 aliphatic carbocycles. The van der Waals surface area contributed by atoms with E-state index in [9.17, 15) is 4.79 Å². The minimum Gasteiger partial charge on any atom is -0.338 e. The van der Waals surface area contributed by atoms with Crippen LogP contribution in [-0.2, 0) is 6.54 Å². The molecule has 0 unspecified atom stereocenters. The average molecular weight is 368 g/mol. The van der Waals surface area contributed by atoms with Gasteiger partial charge in [-0.25, -0.2) is 0 Å². The van der Waals surface area contributed by atoms with Crippen molar-refractivity contribution in [2.75, 3.05) is 26.2 Å². The normalized spacial score (nSPS) is 15.3. The predicted molar refractivity (Wildman–Crippen MR) is 100.0 cm³/mol. The van der Waals surface area contributed by atoms with Gasteiger partial charge in [0.25, 0.3) is 5.91 Å². The van der Waals surface area contributed by atoms with Crippen LogP contribution in [0.3, 0.4) is 0 Å². The molecule has 6 nitrogen and oxygen atoms in total. The third kappa shape index (κ3) is 3.68. The summed E-state index contributed by atoms with van der Waals surface area (Å²) in [6.45, 7) is 5.65. The summed E-state index contributed by atoms with van der Waals surface area (Å²) in [5.74, 6) is 1.35. The zero-order chi connectivity index (χ0) is 17.9. The van der Waals surface area contributed by atoms with Crippen LogP contribution >= 0.6 is 11.3 Å². The van der Waals surface area contributed by atoms with Crippen molar-refractivity contribution in [3.05, 3.63) is 58.1 Å². The van der Waals surface area contributed by atoms with Gasteiger partial charge in [-0.2, -0.15) is 16.3 Å². The summed E-state index contributed by atoms with van der Waals surface area (Å²) >= 11 is 1.61. The third-order valence-electron chi connectivity index (χ3n) is 4.56. The molecule has 1 amide bonds. The van der Waals surface area contributed by atoms with Gasteiger partial charge in [-0.1, -0.05) is 22.9 Å². The number of carbonyl (C=O) groups excluding carboxylic acids is 1. The Labute approximate surface area is 156 Å². The van der Waals surface area contributed by atoms with Gasteiger partial charge in [-0.3, -0.25) is 9.69 Å². The van der Waals surface area contributed by atoms with E-state index in [2.05, 4.69) is 15.0 Å². The Morgan fingerprint density at radius 3 is 2.62 bits per heavy atom. The van der Waals surface area contributed by atoms with Gasteiger partial charge in [0, 0.05) is 42.7 Å². The summed E-state index contributed by atoms with van der Waals surface area (Å²) < 4.78 is 5.37. The van der Waals surface area contributed by atoms with Crippen molar-refractivity contribution in [2.45, 2.75) is 13.5 Å². The molecule has 0 bridgehead atoms. The molecular weight excluding hydrogens is 348 g/mol. The molecule has 26 heavy (non-hydrogen) atoms. The summed E-state index contributed by atoms with van der Waals surface area (Å²) in [5, 5.41) is 8.04. The van der Waals surface area contributed by atoms with Gasteiger partial charge in [-0.05, 0) is 30.5 Å². The molecule has 3 aromatic rings. The van der Waals surface area contributed by atoms with Crippen LogP contribution in [0.5, 0.6) is 0 Å². The molecule has 134 valence electrons. The summed E-state index contributed by atoms with van der Waals surface area (Å²) in [4.78, 5) is 21.2. The van der Waals surface area contributed by atoms with Crippen LogP contribution in [0.2, 0.25) is 0 Å². The smallest absolute Gasteiger partial charge is 0.253 e. The maximum atomic E-state index is 12.6. The van der Waals surface area contributed by atoms with Gasteiger partial charge in [0.15, 0.2) is 0 Å². The van der Waals surface area contributed by atoms with E-state index >= 15 is 0 Å². The molecule has 1 fully saturated rings. The number of nitrogens with zero attached hydrogens (tertiary/aromatic N) is 4. The molecule has 2 aromatic heterocycles. The number of rotatable bonds is 4. The van der Waals surface area contributed by atoms with Gasteiger partial charge < -0.3 is 9.42 Å². The van der Waals surface area contributed by atoms with E-state index in [1.807, 2.05) is 52.9 Å². The summed E-state index contributed by atoms with van der Waals surface area (Å²) in [5.41, 5.74) is 2.90. The monoisotopic (exact) mass is 368 g/mol. The Morgan fingerprint density at radius 1 is 1.15 bits per heavy atom. The molecule has 0 spiro atoms. The quantitative estimate of drug-likeness (QED) is 0.708. The Kier molecular flexibility index (Phi) is 4.81. The molecule has 0 atom stereocenters. The first-order valence-corrected chi connectivity index (χ1v) is 9.57. The third-order valence-corrected chi connectivity index (χ3v) is 5.25. The lowest BCUT2D eigenvalue weighted by Crippen LogP contribution is -2.48. The van der Waals surface area contributed by atoms with E-state index < -0.39 is 0 Å².